The van der Waals surface area contributed by atoms with Crippen LogP contribution in [-0.4, -0.2) is 86.7 Å². The Morgan fingerprint density at radius 1 is 0.977 bits per heavy atom. The van der Waals surface area contributed by atoms with Crippen molar-refractivity contribution >= 4 is 8.32 Å². The van der Waals surface area contributed by atoms with Gasteiger partial charge >= 0.3 is 0 Å². The second kappa shape index (κ2) is 13.5. The average Bonchev–Trinajstić information content (AvgIpc) is 3.30. The maximum absolute atomic E-state index is 11.6. The van der Waals surface area contributed by atoms with Crippen molar-refractivity contribution in [2.75, 3.05) is 13.2 Å². The van der Waals surface area contributed by atoms with Gasteiger partial charge in [0.15, 0.2) is 33.0 Å². The summed E-state index contributed by atoms with van der Waals surface area (Å²) in [6.45, 7) is 15.0. The lowest BCUT2D eigenvalue weighted by Crippen LogP contribution is -2.63. The lowest BCUT2D eigenvalue weighted by atomic mass is 9.97. The Balaban J connectivity index is 1.30. The van der Waals surface area contributed by atoms with E-state index in [9.17, 15) is 10.2 Å². The molecule has 3 heterocycles. The Bertz CT molecular complexity index is 1190. The zero-order valence-electron chi connectivity index (χ0n) is 26.8. The molecule has 2 aromatic carbocycles. The van der Waals surface area contributed by atoms with Crippen LogP contribution in [0, 0.1) is 0 Å². The monoisotopic (exact) mass is 632 g/mol. The zero-order chi connectivity index (χ0) is 31.7. The number of rotatable bonds is 10. The molecule has 0 amide bonds. The molecule has 2 aromatic rings. The molecule has 0 radical (unpaired) electrons. The van der Waals surface area contributed by atoms with Crippen molar-refractivity contribution in [3.63, 3.8) is 0 Å². The predicted molar refractivity (Wildman–Crippen MR) is 164 cm³/mol. The number of hydrogen-bond donors (Lipinski definition) is 2. The van der Waals surface area contributed by atoms with Gasteiger partial charge in [-0.3, -0.25) is 0 Å². The molecule has 3 aliphatic heterocycles. The fourth-order valence-electron chi connectivity index (χ4n) is 5.37. The van der Waals surface area contributed by atoms with Gasteiger partial charge in [0.25, 0.3) is 0 Å². The van der Waals surface area contributed by atoms with E-state index in [2.05, 4.69) is 33.9 Å². The van der Waals surface area contributed by atoms with Gasteiger partial charge in [0.05, 0.1) is 19.8 Å². The van der Waals surface area contributed by atoms with Gasteiger partial charge in [0, 0.05) is 5.56 Å². The molecule has 0 aromatic heterocycles. The van der Waals surface area contributed by atoms with E-state index < -0.39 is 69.6 Å². The van der Waals surface area contributed by atoms with Crippen LogP contribution in [-0.2, 0) is 44.2 Å². The molecule has 11 heteroatoms. The molecule has 2 N–H and O–H groups in total. The van der Waals surface area contributed by atoms with Gasteiger partial charge in [0.1, 0.15) is 36.6 Å². The summed E-state index contributed by atoms with van der Waals surface area (Å²) in [5.74, 6) is -0.966. The Morgan fingerprint density at radius 2 is 1.64 bits per heavy atom. The quantitative estimate of drug-likeness (QED) is 0.284. The summed E-state index contributed by atoms with van der Waals surface area (Å²) in [5, 5.41) is 22.9. The second-order valence-electron chi connectivity index (χ2n) is 13.7. The molecule has 3 aliphatic rings. The summed E-state index contributed by atoms with van der Waals surface area (Å²) in [5.41, 5.74) is 1.79. The molecular formula is C33H48O10Si. The van der Waals surface area contributed by atoms with Crippen LogP contribution in [0.15, 0.2) is 60.7 Å². The van der Waals surface area contributed by atoms with Crippen LogP contribution in [0.1, 0.15) is 52.0 Å². The fourth-order valence-corrected chi connectivity index (χ4v) is 6.38. The summed E-state index contributed by atoms with van der Waals surface area (Å²) in [7, 11) is -2.10. The van der Waals surface area contributed by atoms with Gasteiger partial charge < -0.3 is 47.8 Å². The normalized spacial score (nSPS) is 33.1. The summed E-state index contributed by atoms with van der Waals surface area (Å²) in [4.78, 5) is 0. The molecular weight excluding hydrogens is 584 g/mol. The van der Waals surface area contributed by atoms with E-state index in [-0.39, 0.29) is 24.9 Å². The molecule has 0 saturated carbocycles. The Labute approximate surface area is 261 Å². The summed E-state index contributed by atoms with van der Waals surface area (Å²) in [6, 6.07) is 19.3. The molecule has 0 spiro atoms. The lowest BCUT2D eigenvalue weighted by Gasteiger charge is -2.48. The average molecular weight is 633 g/mol. The first kappa shape index (κ1) is 33.6. The molecule has 44 heavy (non-hydrogen) atoms. The van der Waals surface area contributed by atoms with Gasteiger partial charge in [-0.1, -0.05) is 81.4 Å². The summed E-state index contributed by atoms with van der Waals surface area (Å²) >= 11 is 0. The standard InChI is InChI=1S/C33H48O10Si/c1-32(2,3)44(6,7)38-20-24-27(43-33(4,5)42-24)29(35)41-31-25(34)28(36-18-21-14-10-8-11-15-21)26-23(39-31)19-37-30(40-26)22-16-12-9-13-17-22/h8-17,23-31,34-35H,18-20H2,1-7H3/t23-,24-,25+,26-,27+,28-,29?,30?,31+/m1/s1. The van der Waals surface area contributed by atoms with Crippen LogP contribution >= 0.6 is 0 Å². The number of aliphatic hydroxyl groups is 2. The summed E-state index contributed by atoms with van der Waals surface area (Å²) in [6.07, 6.45) is -8.26. The van der Waals surface area contributed by atoms with Gasteiger partial charge in [-0.15, -0.1) is 0 Å². The van der Waals surface area contributed by atoms with Crippen LogP contribution < -0.4 is 0 Å². The maximum atomic E-state index is 11.6. The van der Waals surface area contributed by atoms with Gasteiger partial charge in [0.2, 0.25) is 0 Å². The topological polar surface area (TPSA) is 114 Å². The van der Waals surface area contributed by atoms with Crippen molar-refractivity contribution in [2.24, 2.45) is 0 Å². The maximum Gasteiger partial charge on any atom is 0.192 e. The smallest absolute Gasteiger partial charge is 0.192 e. The Morgan fingerprint density at radius 3 is 2.30 bits per heavy atom. The van der Waals surface area contributed by atoms with Crippen LogP contribution in [0.25, 0.3) is 0 Å². The van der Waals surface area contributed by atoms with Crippen LogP contribution in [0.4, 0.5) is 0 Å². The summed E-state index contributed by atoms with van der Waals surface area (Å²) < 4.78 is 49.4. The minimum atomic E-state index is -2.10. The van der Waals surface area contributed by atoms with Gasteiger partial charge in [-0.05, 0) is 37.5 Å². The van der Waals surface area contributed by atoms with Gasteiger partial charge in [-0.2, -0.15) is 0 Å². The molecule has 2 unspecified atom stereocenters. The molecule has 9 atom stereocenters. The van der Waals surface area contributed by atoms with Crippen LogP contribution in [0.2, 0.25) is 18.1 Å². The fraction of sp³-hybridized carbons (Fsp3) is 0.636. The van der Waals surface area contributed by atoms with E-state index in [0.717, 1.165) is 11.1 Å². The third-order valence-corrected chi connectivity index (χ3v) is 13.4. The molecule has 0 bridgehead atoms. The predicted octanol–water partition coefficient (Wildman–Crippen LogP) is 4.65. The second-order valence-corrected chi connectivity index (χ2v) is 18.5. The molecule has 244 valence electrons. The van der Waals surface area contributed by atoms with E-state index in [0.29, 0.717) is 0 Å². The van der Waals surface area contributed by atoms with E-state index in [1.54, 1.807) is 13.8 Å². The van der Waals surface area contributed by atoms with Crippen LogP contribution in [0.5, 0.6) is 0 Å². The van der Waals surface area contributed by atoms with E-state index in [4.69, 9.17) is 37.6 Å². The van der Waals surface area contributed by atoms with Crippen LogP contribution in [0.3, 0.4) is 0 Å². The Hall–Kier alpha value is -1.74. The highest BCUT2D eigenvalue weighted by molar-refractivity contribution is 6.74. The number of aliphatic hydroxyl groups excluding tert-OH is 2. The van der Waals surface area contributed by atoms with E-state index in [1.807, 2.05) is 60.7 Å². The SMILES string of the molecule is CC1(C)O[C@H](C(O)O[C@@H]2O[C@@H]3COC(c4ccccc4)O[C@H]3[C@H](OCc3ccccc3)[C@@H]2O)[C@@H](CO[Si](C)(C)C(C)(C)C)O1. The van der Waals surface area contributed by atoms with Gasteiger partial charge in [-0.25, -0.2) is 0 Å². The number of ether oxygens (including phenoxy) is 7. The minimum Gasteiger partial charge on any atom is -0.414 e. The first-order valence-corrected chi connectivity index (χ1v) is 18.3. The molecule has 0 aliphatic carbocycles. The highest BCUT2D eigenvalue weighted by atomic mass is 28.4. The minimum absolute atomic E-state index is 0.00159. The van der Waals surface area contributed by atoms with Crippen molar-refractivity contribution in [1.82, 2.24) is 0 Å². The highest BCUT2D eigenvalue weighted by Crippen LogP contribution is 2.40. The number of fused-ring (bicyclic) bond motifs is 1. The largest absolute Gasteiger partial charge is 0.414 e. The molecule has 10 nitrogen and oxygen atoms in total. The van der Waals surface area contributed by atoms with Crippen molar-refractivity contribution < 1.29 is 47.8 Å². The molecule has 5 rings (SSSR count). The van der Waals surface area contributed by atoms with Crippen molar-refractivity contribution in [2.45, 2.75) is 121 Å². The van der Waals surface area contributed by atoms with Crippen molar-refractivity contribution in [1.29, 1.82) is 0 Å². The van der Waals surface area contributed by atoms with E-state index >= 15 is 0 Å². The number of benzene rings is 2. The molecule has 3 fully saturated rings. The first-order chi connectivity index (χ1) is 20.7. The first-order valence-electron chi connectivity index (χ1n) is 15.4. The van der Waals surface area contributed by atoms with E-state index in [1.165, 1.54) is 0 Å². The van der Waals surface area contributed by atoms with Crippen molar-refractivity contribution in [3.8, 4) is 0 Å². The van der Waals surface area contributed by atoms with Crippen molar-refractivity contribution in [3.05, 3.63) is 71.8 Å². The third-order valence-electron chi connectivity index (χ3n) is 8.85. The Kier molecular flexibility index (Phi) is 10.3. The zero-order valence-corrected chi connectivity index (χ0v) is 27.8. The lowest BCUT2D eigenvalue weighted by molar-refractivity contribution is -0.386. The number of hydrogen-bond acceptors (Lipinski definition) is 10. The molecule has 3 saturated heterocycles. The third kappa shape index (κ3) is 7.79. The highest BCUT2D eigenvalue weighted by Gasteiger charge is 2.53.